The molecule has 3 rings (SSSR count). The molecule has 102 valence electrons. The van der Waals surface area contributed by atoms with E-state index >= 15 is 0 Å². The summed E-state index contributed by atoms with van der Waals surface area (Å²) in [6.07, 6.45) is 3.13. The maximum absolute atomic E-state index is 9.12. The average Bonchev–Trinajstić information content (AvgIpc) is 2.77. The summed E-state index contributed by atoms with van der Waals surface area (Å²) in [6.45, 7) is 6.89. The van der Waals surface area contributed by atoms with E-state index in [9.17, 15) is 0 Å². The van der Waals surface area contributed by atoms with Gasteiger partial charge in [-0.1, -0.05) is 19.0 Å². The Balaban J connectivity index is 1.83. The molecule has 0 bridgehead atoms. The molecule has 5 heteroatoms. The first kappa shape index (κ1) is 12.6. The Morgan fingerprint density at radius 3 is 2.68 bits per heavy atom. The minimum absolute atomic E-state index is 0.0270. The quantitative estimate of drug-likeness (QED) is 0.818. The van der Waals surface area contributed by atoms with Crippen LogP contribution in [0.5, 0.6) is 0 Å². The molecule has 1 aliphatic heterocycles. The maximum Gasteiger partial charge on any atom is 0.231 e. The minimum Gasteiger partial charge on any atom is -0.367 e. The van der Waals surface area contributed by atoms with Crippen molar-refractivity contribution in [3.63, 3.8) is 0 Å². The van der Waals surface area contributed by atoms with Crippen molar-refractivity contribution in [3.05, 3.63) is 11.7 Å². The third-order valence-electron chi connectivity index (χ3n) is 4.62. The fourth-order valence-corrected chi connectivity index (χ4v) is 3.03. The zero-order valence-corrected chi connectivity index (χ0v) is 11.6. The van der Waals surface area contributed by atoms with Crippen LogP contribution in [0.3, 0.4) is 0 Å². The van der Waals surface area contributed by atoms with Gasteiger partial charge in [-0.3, -0.25) is 0 Å². The molecule has 1 saturated carbocycles. The van der Waals surface area contributed by atoms with Crippen LogP contribution < -0.4 is 0 Å². The molecular formula is C14H19N3O2. The molecule has 19 heavy (non-hydrogen) atoms. The Morgan fingerprint density at radius 1 is 1.32 bits per heavy atom. The van der Waals surface area contributed by atoms with Crippen molar-refractivity contribution in [3.8, 4) is 6.07 Å². The van der Waals surface area contributed by atoms with E-state index < -0.39 is 5.60 Å². The van der Waals surface area contributed by atoms with Gasteiger partial charge in [-0.05, 0) is 31.6 Å². The molecule has 0 spiro atoms. The van der Waals surface area contributed by atoms with Crippen molar-refractivity contribution >= 4 is 0 Å². The van der Waals surface area contributed by atoms with Gasteiger partial charge >= 0.3 is 0 Å². The predicted octanol–water partition coefficient (Wildman–Crippen LogP) is 2.75. The Kier molecular flexibility index (Phi) is 2.68. The maximum atomic E-state index is 9.12. The molecule has 2 fully saturated rings. The van der Waals surface area contributed by atoms with E-state index in [1.54, 1.807) is 0 Å². The summed E-state index contributed by atoms with van der Waals surface area (Å²) in [5.41, 5.74) is -0.492. The zero-order chi connectivity index (χ0) is 13.7. The molecule has 2 heterocycles. The van der Waals surface area contributed by atoms with Gasteiger partial charge in [0.05, 0.1) is 17.9 Å². The molecule has 0 radical (unpaired) electrons. The van der Waals surface area contributed by atoms with Crippen molar-refractivity contribution < 1.29 is 9.26 Å². The Hall–Kier alpha value is -1.41. The van der Waals surface area contributed by atoms with Gasteiger partial charge in [0.25, 0.3) is 0 Å². The second-order valence-corrected chi connectivity index (χ2v) is 6.40. The van der Waals surface area contributed by atoms with Gasteiger partial charge < -0.3 is 9.26 Å². The largest absolute Gasteiger partial charge is 0.367 e. The van der Waals surface area contributed by atoms with Crippen LogP contribution in [0.15, 0.2) is 4.52 Å². The van der Waals surface area contributed by atoms with E-state index in [1.807, 2.05) is 6.92 Å². The molecule has 3 atom stereocenters. The second-order valence-electron chi connectivity index (χ2n) is 6.40. The standard InChI is InChI=1S/C14H19N3O2/c1-13(2)9(8-15)10(13)11-16-12(17-19-11)14(3)6-4-5-7-18-14/h9-10H,4-7H2,1-3H3. The van der Waals surface area contributed by atoms with Gasteiger partial charge in [-0.15, -0.1) is 0 Å². The Bertz CT molecular complexity index is 523. The first-order valence-corrected chi connectivity index (χ1v) is 6.87. The van der Waals surface area contributed by atoms with Crippen molar-refractivity contribution in [1.82, 2.24) is 10.1 Å². The number of ether oxygens (including phenoxy) is 1. The molecule has 0 amide bonds. The predicted molar refractivity (Wildman–Crippen MR) is 67.1 cm³/mol. The highest BCUT2D eigenvalue weighted by Gasteiger charge is 2.62. The number of nitriles is 1. The van der Waals surface area contributed by atoms with Crippen LogP contribution in [-0.4, -0.2) is 16.7 Å². The van der Waals surface area contributed by atoms with Crippen LogP contribution >= 0.6 is 0 Å². The molecule has 5 nitrogen and oxygen atoms in total. The lowest BCUT2D eigenvalue weighted by Gasteiger charge is -2.30. The van der Waals surface area contributed by atoms with Gasteiger partial charge in [-0.25, -0.2) is 0 Å². The number of hydrogen-bond donors (Lipinski definition) is 0. The van der Waals surface area contributed by atoms with Crippen LogP contribution in [0, 0.1) is 22.7 Å². The lowest BCUT2D eigenvalue weighted by molar-refractivity contribution is -0.0770. The highest BCUT2D eigenvalue weighted by molar-refractivity contribution is 5.26. The average molecular weight is 261 g/mol. The van der Waals surface area contributed by atoms with Crippen LogP contribution in [0.4, 0.5) is 0 Å². The van der Waals surface area contributed by atoms with Crippen molar-refractivity contribution in [2.24, 2.45) is 11.3 Å². The summed E-state index contributed by atoms with van der Waals surface area (Å²) in [5, 5.41) is 13.2. The smallest absolute Gasteiger partial charge is 0.231 e. The summed E-state index contributed by atoms with van der Waals surface area (Å²) >= 11 is 0. The first-order valence-electron chi connectivity index (χ1n) is 6.87. The van der Waals surface area contributed by atoms with E-state index in [0.29, 0.717) is 11.7 Å². The molecule has 0 N–H and O–H groups in total. The summed E-state index contributed by atoms with van der Waals surface area (Å²) in [4.78, 5) is 4.51. The molecule has 1 saturated heterocycles. The van der Waals surface area contributed by atoms with Crippen molar-refractivity contribution in [2.75, 3.05) is 6.61 Å². The van der Waals surface area contributed by atoms with Gasteiger partial charge in [0.1, 0.15) is 5.60 Å². The fourth-order valence-electron chi connectivity index (χ4n) is 3.03. The van der Waals surface area contributed by atoms with Crippen LogP contribution in [0.1, 0.15) is 57.7 Å². The first-order chi connectivity index (χ1) is 8.99. The molecular weight excluding hydrogens is 242 g/mol. The third kappa shape index (κ3) is 1.86. The van der Waals surface area contributed by atoms with Crippen molar-refractivity contribution in [2.45, 2.75) is 51.6 Å². The van der Waals surface area contributed by atoms with Gasteiger partial charge in [0.15, 0.2) is 0 Å². The normalized spacial score (nSPS) is 36.7. The molecule has 1 aromatic rings. The molecule has 1 aliphatic carbocycles. The summed E-state index contributed by atoms with van der Waals surface area (Å²) in [7, 11) is 0. The van der Waals surface area contributed by atoms with Gasteiger partial charge in [0.2, 0.25) is 11.7 Å². The zero-order valence-electron chi connectivity index (χ0n) is 11.6. The lowest BCUT2D eigenvalue weighted by atomic mass is 9.95. The Morgan fingerprint density at radius 2 is 2.11 bits per heavy atom. The van der Waals surface area contributed by atoms with E-state index in [-0.39, 0.29) is 17.3 Å². The van der Waals surface area contributed by atoms with E-state index in [0.717, 1.165) is 25.9 Å². The molecule has 2 aliphatic rings. The highest BCUT2D eigenvalue weighted by Crippen LogP contribution is 2.63. The fraction of sp³-hybridized carbons (Fsp3) is 0.786. The summed E-state index contributed by atoms with van der Waals surface area (Å²) in [6, 6.07) is 2.32. The van der Waals surface area contributed by atoms with E-state index in [4.69, 9.17) is 14.5 Å². The summed E-state index contributed by atoms with van der Waals surface area (Å²) < 4.78 is 11.2. The van der Waals surface area contributed by atoms with Gasteiger partial charge in [0, 0.05) is 6.61 Å². The van der Waals surface area contributed by atoms with Crippen molar-refractivity contribution in [1.29, 1.82) is 5.26 Å². The summed E-state index contributed by atoms with van der Waals surface area (Å²) in [5.74, 6) is 1.25. The van der Waals surface area contributed by atoms with E-state index in [1.165, 1.54) is 0 Å². The lowest BCUT2D eigenvalue weighted by Crippen LogP contribution is -2.31. The van der Waals surface area contributed by atoms with Gasteiger partial charge in [-0.2, -0.15) is 10.2 Å². The molecule has 3 unspecified atom stereocenters. The van der Waals surface area contributed by atoms with Crippen LogP contribution in [0.25, 0.3) is 0 Å². The SMILES string of the molecule is CC1(c2noc(C3C(C#N)C3(C)C)n2)CCCCO1. The van der Waals surface area contributed by atoms with Crippen LogP contribution in [-0.2, 0) is 10.3 Å². The minimum atomic E-state index is -0.429. The number of aromatic nitrogens is 2. The monoisotopic (exact) mass is 261 g/mol. The topological polar surface area (TPSA) is 71.9 Å². The number of hydrogen-bond acceptors (Lipinski definition) is 5. The number of nitrogens with zero attached hydrogens (tertiary/aromatic N) is 3. The second kappa shape index (κ2) is 4.04. The highest BCUT2D eigenvalue weighted by atomic mass is 16.5. The third-order valence-corrected chi connectivity index (χ3v) is 4.62. The molecule has 1 aromatic heterocycles. The van der Waals surface area contributed by atoms with Crippen LogP contribution in [0.2, 0.25) is 0 Å². The number of rotatable bonds is 2. The Labute approximate surface area is 112 Å². The molecule has 0 aromatic carbocycles. The van der Waals surface area contributed by atoms with E-state index in [2.05, 4.69) is 30.1 Å².